The topological polar surface area (TPSA) is 75.7 Å². The first-order valence-electron chi connectivity index (χ1n) is 6.34. The maximum absolute atomic E-state index is 12.6. The number of carbonyl (C=O) groups excluding carboxylic acids is 1. The molecule has 112 valence electrons. The van der Waals surface area contributed by atoms with E-state index in [-0.39, 0.29) is 15.8 Å². The highest BCUT2D eigenvalue weighted by Crippen LogP contribution is 2.27. The van der Waals surface area contributed by atoms with E-state index in [0.29, 0.717) is 13.1 Å². The van der Waals surface area contributed by atoms with Gasteiger partial charge in [-0.3, -0.25) is 0 Å². The first-order valence-corrected chi connectivity index (χ1v) is 8.66. The number of nitrogens with zero attached hydrogens (tertiary/aromatic N) is 1. The van der Waals surface area contributed by atoms with E-state index in [1.54, 1.807) is 5.38 Å². The van der Waals surface area contributed by atoms with Crippen LogP contribution in [0.15, 0.2) is 16.3 Å². The van der Waals surface area contributed by atoms with Crippen molar-refractivity contribution in [2.45, 2.75) is 23.8 Å². The smallest absolute Gasteiger partial charge is 0.349 e. The summed E-state index contributed by atoms with van der Waals surface area (Å²) < 4.78 is 31.4. The fraction of sp³-hybridized carbons (Fsp3) is 0.583. The lowest BCUT2D eigenvalue weighted by Crippen LogP contribution is -2.46. The molecule has 0 aliphatic carbocycles. The number of likely N-dealkylation sites (N-methyl/N-ethyl adjacent to an activating group) is 1. The number of esters is 1. The second kappa shape index (κ2) is 6.21. The van der Waals surface area contributed by atoms with E-state index >= 15 is 0 Å². The van der Waals surface area contributed by atoms with E-state index in [1.165, 1.54) is 17.5 Å². The van der Waals surface area contributed by atoms with Gasteiger partial charge in [0.15, 0.2) is 0 Å². The van der Waals surface area contributed by atoms with Crippen molar-refractivity contribution in [3.8, 4) is 0 Å². The molecule has 1 fully saturated rings. The molecule has 6 nitrogen and oxygen atoms in total. The molecule has 0 spiro atoms. The van der Waals surface area contributed by atoms with Crippen LogP contribution in [0.1, 0.15) is 22.5 Å². The monoisotopic (exact) mass is 318 g/mol. The number of thiophene rings is 1. The second-order valence-corrected chi connectivity index (χ2v) is 7.42. The Bertz CT molecular complexity index is 582. The van der Waals surface area contributed by atoms with Crippen LogP contribution in [-0.2, 0) is 14.8 Å². The van der Waals surface area contributed by atoms with Gasteiger partial charge in [0.1, 0.15) is 9.77 Å². The zero-order valence-corrected chi connectivity index (χ0v) is 13.1. The first-order chi connectivity index (χ1) is 9.50. The summed E-state index contributed by atoms with van der Waals surface area (Å²) in [6, 6.07) is 1.62. The minimum Gasteiger partial charge on any atom is -0.465 e. The van der Waals surface area contributed by atoms with Crippen molar-refractivity contribution in [2.75, 3.05) is 27.2 Å². The van der Waals surface area contributed by atoms with E-state index in [0.717, 1.165) is 24.2 Å². The summed E-state index contributed by atoms with van der Waals surface area (Å²) in [5.41, 5.74) is 0. The molecule has 0 aromatic carbocycles. The quantitative estimate of drug-likeness (QED) is 0.835. The van der Waals surface area contributed by atoms with Gasteiger partial charge in [0.2, 0.25) is 10.0 Å². The molecule has 1 aromatic rings. The van der Waals surface area contributed by atoms with Crippen molar-refractivity contribution in [1.82, 2.24) is 9.62 Å². The second-order valence-electron chi connectivity index (χ2n) is 4.60. The molecule has 1 saturated heterocycles. The Hall–Kier alpha value is -0.960. The van der Waals surface area contributed by atoms with Gasteiger partial charge in [-0.25, -0.2) is 13.2 Å². The van der Waals surface area contributed by atoms with Gasteiger partial charge in [0.25, 0.3) is 0 Å². The minimum absolute atomic E-state index is 0.0473. The SMILES string of the molecule is CNC1CCCN(S(=O)(=O)c2ccsc2C(=O)OC)C1. The van der Waals surface area contributed by atoms with Gasteiger partial charge in [0, 0.05) is 19.1 Å². The average Bonchev–Trinajstić information content (AvgIpc) is 2.96. The lowest BCUT2D eigenvalue weighted by atomic mass is 10.1. The Balaban J connectivity index is 2.31. The molecule has 1 aromatic heterocycles. The van der Waals surface area contributed by atoms with Gasteiger partial charge in [0.05, 0.1) is 7.11 Å². The summed E-state index contributed by atoms with van der Waals surface area (Å²) in [5.74, 6) is -0.610. The molecule has 0 bridgehead atoms. The van der Waals surface area contributed by atoms with E-state index in [1.807, 2.05) is 7.05 Å². The van der Waals surface area contributed by atoms with Crippen LogP contribution >= 0.6 is 11.3 Å². The summed E-state index contributed by atoms with van der Waals surface area (Å²) in [7, 11) is -0.573. The van der Waals surface area contributed by atoms with Crippen molar-refractivity contribution < 1.29 is 17.9 Å². The molecule has 1 aliphatic rings. The molecule has 0 saturated carbocycles. The summed E-state index contributed by atoms with van der Waals surface area (Å²) in [5, 5.41) is 4.70. The third-order valence-corrected chi connectivity index (χ3v) is 6.34. The maximum atomic E-state index is 12.6. The molecule has 2 heterocycles. The number of rotatable bonds is 4. The van der Waals surface area contributed by atoms with Crippen LogP contribution in [0.5, 0.6) is 0 Å². The zero-order chi connectivity index (χ0) is 14.8. The predicted octanol–water partition coefficient (Wildman–Crippen LogP) is 0.907. The van der Waals surface area contributed by atoms with Crippen LogP contribution in [0.2, 0.25) is 0 Å². The Morgan fingerprint density at radius 2 is 2.30 bits per heavy atom. The van der Waals surface area contributed by atoms with E-state index < -0.39 is 16.0 Å². The normalized spacial score (nSPS) is 20.8. The Kier molecular flexibility index (Phi) is 4.79. The molecule has 1 aliphatic heterocycles. The highest BCUT2D eigenvalue weighted by molar-refractivity contribution is 7.89. The number of piperidine rings is 1. The summed E-state index contributed by atoms with van der Waals surface area (Å²) >= 11 is 1.08. The number of methoxy groups -OCH3 is 1. The van der Waals surface area contributed by atoms with Crippen LogP contribution < -0.4 is 5.32 Å². The van der Waals surface area contributed by atoms with Crippen LogP contribution in [0.25, 0.3) is 0 Å². The van der Waals surface area contributed by atoms with Gasteiger partial charge in [-0.1, -0.05) is 0 Å². The zero-order valence-electron chi connectivity index (χ0n) is 11.5. The van der Waals surface area contributed by atoms with Crippen molar-refractivity contribution in [1.29, 1.82) is 0 Å². The average molecular weight is 318 g/mol. The standard InChI is InChI=1S/C12H18N2O4S2/c1-13-9-4-3-6-14(8-9)20(16,17)10-5-7-19-11(10)12(15)18-2/h5,7,9,13H,3-4,6,8H2,1-2H3. The predicted molar refractivity (Wildman–Crippen MR) is 76.5 cm³/mol. The molecular weight excluding hydrogens is 300 g/mol. The number of carbonyl (C=O) groups is 1. The third-order valence-electron chi connectivity index (χ3n) is 3.41. The molecular formula is C12H18N2O4S2. The summed E-state index contributed by atoms with van der Waals surface area (Å²) in [6.07, 6.45) is 1.76. The lowest BCUT2D eigenvalue weighted by molar-refractivity contribution is 0.0602. The molecule has 20 heavy (non-hydrogen) atoms. The highest BCUT2D eigenvalue weighted by atomic mass is 32.2. The van der Waals surface area contributed by atoms with Gasteiger partial charge in [-0.05, 0) is 31.3 Å². The van der Waals surface area contributed by atoms with Crippen LogP contribution in [0.3, 0.4) is 0 Å². The molecule has 0 radical (unpaired) electrons. The van der Waals surface area contributed by atoms with Crippen LogP contribution in [0, 0.1) is 0 Å². The van der Waals surface area contributed by atoms with Gasteiger partial charge in [-0.15, -0.1) is 11.3 Å². The third kappa shape index (κ3) is 2.88. The largest absolute Gasteiger partial charge is 0.465 e. The fourth-order valence-corrected chi connectivity index (χ4v) is 5.11. The first kappa shape index (κ1) is 15.4. The Labute approximate surface area is 122 Å². The minimum atomic E-state index is -3.64. The van der Waals surface area contributed by atoms with Crippen LogP contribution in [-0.4, -0.2) is 52.0 Å². The molecule has 1 atom stereocenters. The fourth-order valence-electron chi connectivity index (χ4n) is 2.28. The summed E-state index contributed by atoms with van der Waals surface area (Å²) in [4.78, 5) is 11.8. The van der Waals surface area contributed by atoms with E-state index in [4.69, 9.17) is 0 Å². The van der Waals surface area contributed by atoms with E-state index in [9.17, 15) is 13.2 Å². The van der Waals surface area contributed by atoms with Crippen molar-refractivity contribution >= 4 is 27.3 Å². The van der Waals surface area contributed by atoms with Gasteiger partial charge >= 0.3 is 5.97 Å². The molecule has 0 amide bonds. The Morgan fingerprint density at radius 3 is 2.95 bits per heavy atom. The van der Waals surface area contributed by atoms with Gasteiger partial charge < -0.3 is 10.1 Å². The molecule has 1 N–H and O–H groups in total. The Morgan fingerprint density at radius 1 is 1.55 bits per heavy atom. The lowest BCUT2D eigenvalue weighted by Gasteiger charge is -2.31. The summed E-state index contributed by atoms with van der Waals surface area (Å²) in [6.45, 7) is 0.909. The van der Waals surface area contributed by atoms with E-state index in [2.05, 4.69) is 10.1 Å². The number of ether oxygens (including phenoxy) is 1. The number of nitrogens with one attached hydrogen (secondary N) is 1. The van der Waals surface area contributed by atoms with Crippen molar-refractivity contribution in [3.05, 3.63) is 16.3 Å². The number of hydrogen-bond acceptors (Lipinski definition) is 6. The van der Waals surface area contributed by atoms with Gasteiger partial charge in [-0.2, -0.15) is 4.31 Å². The molecule has 8 heteroatoms. The highest BCUT2D eigenvalue weighted by Gasteiger charge is 2.33. The van der Waals surface area contributed by atoms with Crippen LogP contribution in [0.4, 0.5) is 0 Å². The van der Waals surface area contributed by atoms with Crippen molar-refractivity contribution in [3.63, 3.8) is 0 Å². The molecule has 2 rings (SSSR count). The molecule has 1 unspecified atom stereocenters. The number of sulfonamides is 1. The number of hydrogen-bond donors (Lipinski definition) is 1. The van der Waals surface area contributed by atoms with Crippen molar-refractivity contribution in [2.24, 2.45) is 0 Å². The maximum Gasteiger partial charge on any atom is 0.349 e.